The standard InChI is InChI=1S/C11H15N3O4S/c1-4-5-14-6-7-19-9(10(14)16)12-18-11(17)13(3)8(2)15/h4H,1,5-7H2,2-3H3. The van der Waals surface area contributed by atoms with Gasteiger partial charge in [0.05, 0.1) is 0 Å². The minimum Gasteiger partial charge on any atom is -0.332 e. The Morgan fingerprint density at radius 2 is 2.32 bits per heavy atom. The van der Waals surface area contributed by atoms with Gasteiger partial charge in [0.2, 0.25) is 11.0 Å². The Bertz CT molecular complexity index is 436. The second-order valence-corrected chi connectivity index (χ2v) is 4.80. The molecule has 3 amide bonds. The van der Waals surface area contributed by atoms with Crippen LogP contribution >= 0.6 is 11.8 Å². The molecule has 0 aromatic carbocycles. The second-order valence-electron chi connectivity index (χ2n) is 3.72. The van der Waals surface area contributed by atoms with Crippen molar-refractivity contribution in [2.45, 2.75) is 6.92 Å². The smallest absolute Gasteiger partial charge is 0.332 e. The molecule has 0 aromatic rings. The van der Waals surface area contributed by atoms with Crippen molar-refractivity contribution in [1.29, 1.82) is 0 Å². The molecule has 19 heavy (non-hydrogen) atoms. The predicted molar refractivity (Wildman–Crippen MR) is 71.6 cm³/mol. The van der Waals surface area contributed by atoms with Crippen molar-refractivity contribution in [3.63, 3.8) is 0 Å². The van der Waals surface area contributed by atoms with Crippen molar-refractivity contribution in [3.8, 4) is 0 Å². The van der Waals surface area contributed by atoms with Gasteiger partial charge in [0.15, 0.2) is 0 Å². The van der Waals surface area contributed by atoms with Crippen molar-refractivity contribution in [1.82, 2.24) is 9.80 Å². The van der Waals surface area contributed by atoms with Crippen LogP contribution in [-0.2, 0) is 14.4 Å². The number of carbonyl (C=O) groups excluding carboxylic acids is 3. The Labute approximate surface area is 115 Å². The normalized spacial score (nSPS) is 17.3. The van der Waals surface area contributed by atoms with Gasteiger partial charge in [0, 0.05) is 32.8 Å². The minimum absolute atomic E-state index is 0.0957. The van der Waals surface area contributed by atoms with Crippen LogP contribution in [0.1, 0.15) is 6.92 Å². The van der Waals surface area contributed by atoms with Gasteiger partial charge in [-0.05, 0) is 0 Å². The van der Waals surface area contributed by atoms with Crippen LogP contribution < -0.4 is 0 Å². The minimum atomic E-state index is -0.922. The maximum absolute atomic E-state index is 11.9. The first-order valence-corrected chi connectivity index (χ1v) is 6.52. The van der Waals surface area contributed by atoms with E-state index in [2.05, 4.69) is 16.6 Å². The molecule has 0 radical (unpaired) electrons. The maximum Gasteiger partial charge on any atom is 0.442 e. The van der Waals surface area contributed by atoms with Crippen molar-refractivity contribution in [2.24, 2.45) is 5.16 Å². The summed E-state index contributed by atoms with van der Waals surface area (Å²) in [6.45, 7) is 5.79. The molecule has 1 aliphatic heterocycles. The summed E-state index contributed by atoms with van der Waals surface area (Å²) in [5, 5.41) is 3.61. The first-order chi connectivity index (χ1) is 8.97. The molecular formula is C11H15N3O4S. The number of rotatable bonds is 3. The van der Waals surface area contributed by atoms with Crippen molar-refractivity contribution < 1.29 is 19.2 Å². The summed E-state index contributed by atoms with van der Waals surface area (Å²) >= 11 is 1.21. The van der Waals surface area contributed by atoms with E-state index in [1.54, 1.807) is 11.0 Å². The highest BCUT2D eigenvalue weighted by Gasteiger charge is 2.26. The molecule has 0 atom stereocenters. The average Bonchev–Trinajstić information content (AvgIpc) is 2.38. The lowest BCUT2D eigenvalue weighted by Crippen LogP contribution is -2.41. The summed E-state index contributed by atoms with van der Waals surface area (Å²) in [6, 6.07) is 0. The highest BCUT2D eigenvalue weighted by molar-refractivity contribution is 8.15. The molecule has 0 N–H and O–H groups in total. The SMILES string of the molecule is C=CCN1CCSC(=NOC(=O)N(C)C(C)=O)C1=O. The topological polar surface area (TPSA) is 79.3 Å². The largest absolute Gasteiger partial charge is 0.442 e. The Balaban J connectivity index is 2.66. The van der Waals surface area contributed by atoms with Crippen LogP contribution in [0.3, 0.4) is 0 Å². The van der Waals surface area contributed by atoms with Crippen LogP contribution in [0.15, 0.2) is 17.8 Å². The molecule has 0 aromatic heterocycles. The third-order valence-electron chi connectivity index (χ3n) is 2.37. The van der Waals surface area contributed by atoms with Gasteiger partial charge in [-0.2, -0.15) is 0 Å². The maximum atomic E-state index is 11.9. The molecule has 0 spiro atoms. The third-order valence-corrected chi connectivity index (χ3v) is 3.28. The summed E-state index contributed by atoms with van der Waals surface area (Å²) in [5.74, 6) is -0.117. The van der Waals surface area contributed by atoms with E-state index >= 15 is 0 Å². The number of oxime groups is 1. The molecule has 1 fully saturated rings. The molecule has 7 nitrogen and oxygen atoms in total. The molecule has 0 saturated carbocycles. The van der Waals surface area contributed by atoms with E-state index in [1.807, 2.05) is 0 Å². The predicted octanol–water partition coefficient (Wildman–Crippen LogP) is 0.676. The number of carbonyl (C=O) groups is 3. The van der Waals surface area contributed by atoms with E-state index < -0.39 is 12.0 Å². The fourth-order valence-electron chi connectivity index (χ4n) is 1.22. The highest BCUT2D eigenvalue weighted by Crippen LogP contribution is 2.15. The van der Waals surface area contributed by atoms with Gasteiger partial charge in [-0.25, -0.2) is 9.69 Å². The van der Waals surface area contributed by atoms with Crippen molar-refractivity contribution in [3.05, 3.63) is 12.7 Å². The van der Waals surface area contributed by atoms with Crippen molar-refractivity contribution >= 4 is 34.7 Å². The summed E-state index contributed by atoms with van der Waals surface area (Å²) < 4.78 is 0. The zero-order valence-corrected chi connectivity index (χ0v) is 11.6. The quantitative estimate of drug-likeness (QED) is 0.433. The lowest BCUT2D eigenvalue weighted by Gasteiger charge is -2.25. The third kappa shape index (κ3) is 4.09. The molecular weight excluding hydrogens is 270 g/mol. The monoisotopic (exact) mass is 285 g/mol. The molecule has 1 saturated heterocycles. The van der Waals surface area contributed by atoms with Gasteiger partial charge >= 0.3 is 6.09 Å². The number of hydrogen-bond donors (Lipinski definition) is 0. The van der Waals surface area contributed by atoms with Gasteiger partial charge in [-0.3, -0.25) is 14.4 Å². The Morgan fingerprint density at radius 3 is 2.89 bits per heavy atom. The van der Waals surface area contributed by atoms with E-state index in [0.717, 1.165) is 4.90 Å². The van der Waals surface area contributed by atoms with Gasteiger partial charge in [-0.1, -0.05) is 23.0 Å². The molecule has 0 aliphatic carbocycles. The van der Waals surface area contributed by atoms with E-state index in [9.17, 15) is 14.4 Å². The Kier molecular flexibility index (Phi) is 5.56. The average molecular weight is 285 g/mol. The van der Waals surface area contributed by atoms with Crippen LogP contribution in [0.25, 0.3) is 0 Å². The molecule has 1 rings (SSSR count). The van der Waals surface area contributed by atoms with Crippen molar-refractivity contribution in [2.75, 3.05) is 25.9 Å². The summed E-state index contributed by atoms with van der Waals surface area (Å²) in [7, 11) is 1.27. The fraction of sp³-hybridized carbons (Fsp3) is 0.455. The molecule has 1 aliphatic rings. The van der Waals surface area contributed by atoms with Crippen LogP contribution in [0.4, 0.5) is 4.79 Å². The number of hydrogen-bond acceptors (Lipinski definition) is 6. The number of imide groups is 1. The summed E-state index contributed by atoms with van der Waals surface area (Å²) in [4.78, 5) is 41.1. The molecule has 1 heterocycles. The molecule has 104 valence electrons. The van der Waals surface area contributed by atoms with Crippen LogP contribution in [-0.4, -0.2) is 58.6 Å². The molecule has 0 bridgehead atoms. The molecule has 0 unspecified atom stereocenters. The van der Waals surface area contributed by atoms with E-state index in [0.29, 0.717) is 18.8 Å². The second kappa shape index (κ2) is 6.93. The van der Waals surface area contributed by atoms with Crippen LogP contribution in [0, 0.1) is 0 Å². The number of nitrogens with zero attached hydrogens (tertiary/aromatic N) is 3. The van der Waals surface area contributed by atoms with E-state index in [1.165, 1.54) is 25.7 Å². The summed E-state index contributed by atoms with van der Waals surface area (Å²) in [6.07, 6.45) is 0.690. The fourth-order valence-corrected chi connectivity index (χ4v) is 2.06. The number of amides is 3. The Morgan fingerprint density at radius 1 is 1.63 bits per heavy atom. The van der Waals surface area contributed by atoms with Gasteiger partial charge in [0.1, 0.15) is 0 Å². The van der Waals surface area contributed by atoms with Crippen LogP contribution in [0.2, 0.25) is 0 Å². The lowest BCUT2D eigenvalue weighted by atomic mass is 10.4. The lowest BCUT2D eigenvalue weighted by molar-refractivity contribution is -0.126. The summed E-state index contributed by atoms with van der Waals surface area (Å²) in [5.41, 5.74) is 0. The van der Waals surface area contributed by atoms with Gasteiger partial charge in [-0.15, -0.1) is 6.58 Å². The highest BCUT2D eigenvalue weighted by atomic mass is 32.2. The van der Waals surface area contributed by atoms with Gasteiger partial charge < -0.3 is 4.90 Å². The zero-order chi connectivity index (χ0) is 14.4. The van der Waals surface area contributed by atoms with E-state index in [4.69, 9.17) is 0 Å². The van der Waals surface area contributed by atoms with E-state index in [-0.39, 0.29) is 11.0 Å². The zero-order valence-electron chi connectivity index (χ0n) is 10.8. The molecule has 8 heteroatoms. The first kappa shape index (κ1) is 15.2. The Hall–Kier alpha value is -1.83. The van der Waals surface area contributed by atoms with Gasteiger partial charge in [0.25, 0.3) is 5.91 Å². The first-order valence-electron chi connectivity index (χ1n) is 5.53. The van der Waals surface area contributed by atoms with Crippen LogP contribution in [0.5, 0.6) is 0 Å². The number of thioether (sulfide) groups is 1.